The molecule has 4 atom stereocenters. The lowest BCUT2D eigenvalue weighted by atomic mass is 9.75. The van der Waals surface area contributed by atoms with Crippen LogP contribution in [0.2, 0.25) is 0 Å². The molecule has 1 heterocycles. The maximum Gasteiger partial charge on any atom is 0.309 e. The molecule has 2 rings (SSSR count). The van der Waals surface area contributed by atoms with E-state index in [1.165, 1.54) is 0 Å². The van der Waals surface area contributed by atoms with Crippen molar-refractivity contribution >= 4 is 31.2 Å². The van der Waals surface area contributed by atoms with E-state index in [-0.39, 0.29) is 33.9 Å². The molecule has 1 aliphatic heterocycles. The van der Waals surface area contributed by atoms with E-state index in [4.69, 9.17) is 4.74 Å². The summed E-state index contributed by atoms with van der Waals surface area (Å²) in [6, 6.07) is 0. The molecule has 0 spiro atoms. The van der Waals surface area contributed by atoms with Crippen LogP contribution in [-0.4, -0.2) is 22.6 Å². The highest BCUT2D eigenvalue weighted by Crippen LogP contribution is 2.45. The van der Waals surface area contributed by atoms with E-state index in [2.05, 4.69) is 39.1 Å². The molecule has 2 fully saturated rings. The molecular formula is C11H18O2S2. The molecule has 1 aliphatic carbocycles. The average Bonchev–Trinajstić information content (AvgIpc) is 2.47. The SMILES string of the molecule is CC1(C)C(S)CC(S)CC2CC1OC2=O. The molecule has 86 valence electrons. The zero-order valence-electron chi connectivity index (χ0n) is 9.14. The molecule has 0 aromatic heterocycles. The predicted molar refractivity (Wildman–Crippen MR) is 66.6 cm³/mol. The van der Waals surface area contributed by atoms with Crippen LogP contribution in [0, 0.1) is 11.3 Å². The van der Waals surface area contributed by atoms with Crippen LogP contribution in [0.4, 0.5) is 0 Å². The summed E-state index contributed by atoms with van der Waals surface area (Å²) in [5.74, 6) is 0.0344. The summed E-state index contributed by atoms with van der Waals surface area (Å²) < 4.78 is 5.46. The van der Waals surface area contributed by atoms with Crippen LogP contribution in [0.15, 0.2) is 0 Å². The fraction of sp³-hybridized carbons (Fsp3) is 0.909. The van der Waals surface area contributed by atoms with Crippen molar-refractivity contribution in [2.75, 3.05) is 0 Å². The van der Waals surface area contributed by atoms with Gasteiger partial charge >= 0.3 is 5.97 Å². The van der Waals surface area contributed by atoms with Crippen LogP contribution in [0.1, 0.15) is 33.1 Å². The van der Waals surface area contributed by atoms with Gasteiger partial charge in [0.2, 0.25) is 0 Å². The molecule has 4 heteroatoms. The number of hydrogen-bond acceptors (Lipinski definition) is 4. The van der Waals surface area contributed by atoms with Gasteiger partial charge in [-0.2, -0.15) is 25.3 Å². The van der Waals surface area contributed by atoms with Crippen LogP contribution in [0.3, 0.4) is 0 Å². The molecule has 1 saturated heterocycles. The highest BCUT2D eigenvalue weighted by molar-refractivity contribution is 7.81. The van der Waals surface area contributed by atoms with Crippen LogP contribution in [0.25, 0.3) is 0 Å². The number of hydrogen-bond donors (Lipinski definition) is 2. The van der Waals surface area contributed by atoms with Gasteiger partial charge in [-0.1, -0.05) is 13.8 Å². The first-order valence-corrected chi connectivity index (χ1v) is 6.51. The Bertz CT molecular complexity index is 278. The van der Waals surface area contributed by atoms with Crippen LogP contribution < -0.4 is 0 Å². The Morgan fingerprint density at radius 1 is 1.27 bits per heavy atom. The third-order valence-electron chi connectivity index (χ3n) is 3.83. The summed E-state index contributed by atoms with van der Waals surface area (Å²) in [5.41, 5.74) is -0.0467. The maximum atomic E-state index is 11.6. The van der Waals surface area contributed by atoms with Crippen molar-refractivity contribution in [3.8, 4) is 0 Å². The Hall–Kier alpha value is 0.170. The Morgan fingerprint density at radius 3 is 2.60 bits per heavy atom. The van der Waals surface area contributed by atoms with Gasteiger partial charge in [0.1, 0.15) is 6.10 Å². The van der Waals surface area contributed by atoms with Crippen molar-refractivity contribution in [1.82, 2.24) is 0 Å². The predicted octanol–water partition coefficient (Wildman–Crippen LogP) is 2.33. The van der Waals surface area contributed by atoms with Gasteiger partial charge in [0.15, 0.2) is 0 Å². The zero-order valence-corrected chi connectivity index (χ0v) is 10.9. The van der Waals surface area contributed by atoms with Crippen molar-refractivity contribution in [2.45, 2.75) is 49.7 Å². The monoisotopic (exact) mass is 246 g/mol. The van der Waals surface area contributed by atoms with Crippen LogP contribution in [0.5, 0.6) is 0 Å². The third kappa shape index (κ3) is 2.03. The Labute approximate surface area is 102 Å². The molecule has 0 aromatic carbocycles. The Kier molecular flexibility index (Phi) is 3.01. The zero-order chi connectivity index (χ0) is 11.2. The normalized spacial score (nSPS) is 44.4. The summed E-state index contributed by atoms with van der Waals surface area (Å²) in [4.78, 5) is 11.6. The number of carbonyl (C=O) groups excluding carboxylic acids is 1. The van der Waals surface area contributed by atoms with E-state index >= 15 is 0 Å². The fourth-order valence-electron chi connectivity index (χ4n) is 2.49. The Morgan fingerprint density at radius 2 is 1.93 bits per heavy atom. The maximum absolute atomic E-state index is 11.6. The van der Waals surface area contributed by atoms with Gasteiger partial charge in [0.25, 0.3) is 0 Å². The highest BCUT2D eigenvalue weighted by atomic mass is 32.1. The van der Waals surface area contributed by atoms with E-state index in [0.717, 1.165) is 19.3 Å². The van der Waals surface area contributed by atoms with Gasteiger partial charge in [-0.05, 0) is 19.3 Å². The van der Waals surface area contributed by atoms with E-state index in [9.17, 15) is 4.79 Å². The largest absolute Gasteiger partial charge is 0.462 e. The molecule has 0 radical (unpaired) electrons. The summed E-state index contributed by atoms with van der Waals surface area (Å²) in [5, 5.41) is 0.514. The summed E-state index contributed by atoms with van der Waals surface area (Å²) in [6.07, 6.45) is 2.67. The van der Waals surface area contributed by atoms with Crippen molar-refractivity contribution in [3.05, 3.63) is 0 Å². The van der Waals surface area contributed by atoms with Gasteiger partial charge in [-0.15, -0.1) is 0 Å². The molecule has 1 saturated carbocycles. The average molecular weight is 246 g/mol. The second-order valence-electron chi connectivity index (χ2n) is 5.32. The number of esters is 1. The molecule has 2 bridgehead atoms. The second kappa shape index (κ2) is 3.88. The van der Waals surface area contributed by atoms with E-state index < -0.39 is 0 Å². The molecule has 15 heavy (non-hydrogen) atoms. The van der Waals surface area contributed by atoms with Gasteiger partial charge in [-0.25, -0.2) is 0 Å². The molecular weight excluding hydrogens is 228 g/mol. The first-order chi connectivity index (χ1) is 6.91. The van der Waals surface area contributed by atoms with Crippen molar-refractivity contribution in [3.63, 3.8) is 0 Å². The summed E-state index contributed by atoms with van der Waals surface area (Å²) in [6.45, 7) is 4.27. The number of ether oxygens (including phenoxy) is 1. The van der Waals surface area contributed by atoms with Crippen molar-refractivity contribution in [2.24, 2.45) is 11.3 Å². The van der Waals surface area contributed by atoms with E-state index in [0.29, 0.717) is 0 Å². The number of fused-ring (bicyclic) bond motifs is 2. The Balaban J connectivity index is 2.25. The van der Waals surface area contributed by atoms with Crippen molar-refractivity contribution < 1.29 is 9.53 Å². The number of thiol groups is 2. The molecule has 0 aromatic rings. The number of carbonyl (C=O) groups is 1. The van der Waals surface area contributed by atoms with Gasteiger partial charge in [0.05, 0.1) is 5.92 Å². The van der Waals surface area contributed by atoms with Crippen LogP contribution in [-0.2, 0) is 9.53 Å². The van der Waals surface area contributed by atoms with Crippen molar-refractivity contribution in [1.29, 1.82) is 0 Å². The lowest BCUT2D eigenvalue weighted by molar-refractivity contribution is -0.147. The minimum absolute atomic E-state index is 0.0328. The topological polar surface area (TPSA) is 26.3 Å². The number of rotatable bonds is 0. The lowest BCUT2D eigenvalue weighted by Gasteiger charge is -2.37. The van der Waals surface area contributed by atoms with Gasteiger partial charge in [-0.3, -0.25) is 4.79 Å². The van der Waals surface area contributed by atoms with Crippen LogP contribution >= 0.6 is 25.3 Å². The minimum Gasteiger partial charge on any atom is -0.462 e. The highest BCUT2D eigenvalue weighted by Gasteiger charge is 2.48. The summed E-state index contributed by atoms with van der Waals surface area (Å²) >= 11 is 9.17. The molecule has 2 nitrogen and oxygen atoms in total. The first-order valence-electron chi connectivity index (χ1n) is 5.48. The minimum atomic E-state index is -0.0467. The van der Waals surface area contributed by atoms with E-state index in [1.807, 2.05) is 0 Å². The second-order valence-corrected chi connectivity index (χ2v) is 6.67. The van der Waals surface area contributed by atoms with Gasteiger partial charge < -0.3 is 4.74 Å². The lowest BCUT2D eigenvalue weighted by Crippen LogP contribution is -2.39. The molecule has 0 amide bonds. The van der Waals surface area contributed by atoms with E-state index in [1.54, 1.807) is 0 Å². The molecule has 2 aliphatic rings. The fourth-order valence-corrected chi connectivity index (χ4v) is 3.54. The summed E-state index contributed by atoms with van der Waals surface area (Å²) in [7, 11) is 0. The first kappa shape index (κ1) is 11.6. The molecule has 0 N–H and O–H groups in total. The third-order valence-corrected chi connectivity index (χ3v) is 5.13. The molecule has 4 unspecified atom stereocenters. The quantitative estimate of drug-likeness (QED) is 0.507. The van der Waals surface area contributed by atoms with Gasteiger partial charge in [0, 0.05) is 15.9 Å². The smallest absolute Gasteiger partial charge is 0.309 e. The standard InChI is InChI=1S/C11H18O2S2/c1-11(2)8-4-6(10(12)13-8)3-7(14)5-9(11)15/h6-9,14-15H,3-5H2,1-2H3.